The maximum Gasteiger partial charge on any atom is 0.208 e. The van der Waals surface area contributed by atoms with E-state index in [1.165, 1.54) is 6.26 Å². The largest absolute Gasteiger partial charge is 0.240 e. The number of benzene rings is 1. The van der Waals surface area contributed by atoms with Crippen LogP contribution in [0.3, 0.4) is 0 Å². The summed E-state index contributed by atoms with van der Waals surface area (Å²) in [6.07, 6.45) is 4.74. The van der Waals surface area contributed by atoms with Crippen molar-refractivity contribution in [1.82, 2.24) is 14.5 Å². The molecule has 0 amide bonds. The van der Waals surface area contributed by atoms with Gasteiger partial charge in [0.15, 0.2) is 0 Å². The second kappa shape index (κ2) is 6.19. The first-order valence-corrected chi connectivity index (χ1v) is 8.40. The molecule has 1 N–H and O–H groups in total. The van der Waals surface area contributed by atoms with E-state index >= 15 is 0 Å². The Bertz CT molecular complexity index is 663. The summed E-state index contributed by atoms with van der Waals surface area (Å²) in [7, 11) is -3.10. The normalized spacial score (nSPS) is 11.7. The maximum atomic E-state index is 11.0. The minimum atomic E-state index is -3.10. The number of nitrogens with one attached hydrogen (secondary N) is 1. The second-order valence-electron chi connectivity index (χ2n) is 4.79. The fraction of sp³-hybridized carbons (Fsp3) is 0.357. The lowest BCUT2D eigenvalue weighted by Crippen LogP contribution is -2.23. The average molecular weight is 293 g/mol. The molecule has 0 spiro atoms. The van der Waals surface area contributed by atoms with Gasteiger partial charge >= 0.3 is 0 Å². The lowest BCUT2D eigenvalue weighted by Gasteiger charge is -2.01. The van der Waals surface area contributed by atoms with Crippen molar-refractivity contribution in [3.63, 3.8) is 0 Å². The van der Waals surface area contributed by atoms with Crippen LogP contribution in [0.25, 0.3) is 5.69 Å². The van der Waals surface area contributed by atoms with Gasteiger partial charge in [0.25, 0.3) is 0 Å². The summed E-state index contributed by atoms with van der Waals surface area (Å²) in [5, 5.41) is 4.49. The van der Waals surface area contributed by atoms with Gasteiger partial charge in [-0.15, -0.1) is 0 Å². The van der Waals surface area contributed by atoms with Crippen molar-refractivity contribution in [1.29, 1.82) is 0 Å². The highest BCUT2D eigenvalue weighted by Gasteiger charge is 2.06. The van der Waals surface area contributed by atoms with Crippen LogP contribution in [0.4, 0.5) is 0 Å². The zero-order chi connectivity index (χ0) is 14.6. The van der Waals surface area contributed by atoms with Gasteiger partial charge in [-0.3, -0.25) is 0 Å². The smallest absolute Gasteiger partial charge is 0.208 e. The summed E-state index contributed by atoms with van der Waals surface area (Å²) in [4.78, 5) is 0. The van der Waals surface area contributed by atoms with Crippen LogP contribution in [-0.2, 0) is 16.4 Å². The topological polar surface area (TPSA) is 64.0 Å². The van der Waals surface area contributed by atoms with Crippen molar-refractivity contribution >= 4 is 10.0 Å². The Balaban J connectivity index is 1.98. The number of aryl methyl sites for hydroxylation is 2. The molecule has 2 aromatic rings. The molecule has 0 saturated carbocycles. The Kier molecular flexibility index (Phi) is 4.57. The van der Waals surface area contributed by atoms with Gasteiger partial charge in [0.1, 0.15) is 0 Å². The number of rotatable bonds is 6. The van der Waals surface area contributed by atoms with Crippen LogP contribution in [0, 0.1) is 6.92 Å². The molecule has 0 atom stereocenters. The molecule has 2 rings (SSSR count). The van der Waals surface area contributed by atoms with E-state index in [-0.39, 0.29) is 0 Å². The van der Waals surface area contributed by atoms with Crippen molar-refractivity contribution in [3.05, 3.63) is 47.8 Å². The van der Waals surface area contributed by atoms with Gasteiger partial charge in [-0.1, -0.05) is 18.2 Å². The first-order chi connectivity index (χ1) is 9.46. The number of nitrogens with zero attached hydrogens (tertiary/aromatic N) is 2. The molecule has 0 bridgehead atoms. The van der Waals surface area contributed by atoms with E-state index in [9.17, 15) is 8.42 Å². The van der Waals surface area contributed by atoms with Crippen LogP contribution in [0.1, 0.15) is 17.7 Å². The molecule has 0 fully saturated rings. The Morgan fingerprint density at radius 1 is 1.25 bits per heavy atom. The maximum absolute atomic E-state index is 11.0. The van der Waals surface area contributed by atoms with Crippen LogP contribution in [-0.4, -0.2) is 31.0 Å². The molecule has 1 heterocycles. The Morgan fingerprint density at radius 2 is 1.95 bits per heavy atom. The molecule has 1 aromatic carbocycles. The van der Waals surface area contributed by atoms with E-state index in [0.29, 0.717) is 6.54 Å². The van der Waals surface area contributed by atoms with Crippen molar-refractivity contribution in [3.8, 4) is 5.69 Å². The molecule has 0 unspecified atom stereocenters. The first kappa shape index (κ1) is 14.7. The predicted octanol–water partition coefficient (Wildman–Crippen LogP) is 1.66. The van der Waals surface area contributed by atoms with Crippen molar-refractivity contribution in [2.45, 2.75) is 19.8 Å². The molecule has 108 valence electrons. The molecule has 6 heteroatoms. The van der Waals surface area contributed by atoms with Crippen molar-refractivity contribution in [2.75, 3.05) is 12.8 Å². The van der Waals surface area contributed by atoms with E-state index in [1.807, 2.05) is 48.1 Å². The Hall–Kier alpha value is -1.66. The predicted molar refractivity (Wildman–Crippen MR) is 79.5 cm³/mol. The molecule has 1 aromatic heterocycles. The summed E-state index contributed by atoms with van der Waals surface area (Å²) in [6, 6.07) is 9.92. The minimum absolute atomic E-state index is 0.453. The van der Waals surface area contributed by atoms with Gasteiger partial charge in [-0.2, -0.15) is 5.10 Å². The standard InChI is InChI=1S/C14H19N3O2S/c1-12-13(7-6-10-15-20(2,18)19)11-17(16-12)14-8-4-3-5-9-14/h3-5,8-9,11,15H,6-7,10H2,1-2H3. The fourth-order valence-electron chi connectivity index (χ4n) is 1.99. The van der Waals surface area contributed by atoms with Gasteiger partial charge in [0.2, 0.25) is 10.0 Å². The lowest BCUT2D eigenvalue weighted by atomic mass is 10.1. The molecule has 0 aliphatic heterocycles. The number of para-hydroxylation sites is 1. The van der Waals surface area contributed by atoms with E-state index in [1.54, 1.807) is 0 Å². The molecular formula is C14H19N3O2S. The third-order valence-electron chi connectivity index (χ3n) is 3.01. The van der Waals surface area contributed by atoms with E-state index in [4.69, 9.17) is 0 Å². The molecular weight excluding hydrogens is 274 g/mol. The van der Waals surface area contributed by atoms with E-state index in [2.05, 4.69) is 9.82 Å². The zero-order valence-electron chi connectivity index (χ0n) is 11.7. The summed E-state index contributed by atoms with van der Waals surface area (Å²) in [5.74, 6) is 0. The van der Waals surface area contributed by atoms with Crippen molar-refractivity contribution in [2.24, 2.45) is 0 Å². The summed E-state index contributed by atoms with van der Waals surface area (Å²) in [5.41, 5.74) is 3.15. The van der Waals surface area contributed by atoms with E-state index in [0.717, 1.165) is 29.8 Å². The van der Waals surface area contributed by atoms with Gasteiger partial charge in [0.05, 0.1) is 17.6 Å². The third-order valence-corrected chi connectivity index (χ3v) is 3.74. The minimum Gasteiger partial charge on any atom is -0.240 e. The summed E-state index contributed by atoms with van der Waals surface area (Å²) in [6.45, 7) is 2.42. The Labute approximate surface area is 119 Å². The molecule has 0 saturated heterocycles. The number of hydrogen-bond acceptors (Lipinski definition) is 3. The number of sulfonamides is 1. The third kappa shape index (κ3) is 4.18. The van der Waals surface area contributed by atoms with E-state index < -0.39 is 10.0 Å². The monoisotopic (exact) mass is 293 g/mol. The highest BCUT2D eigenvalue weighted by Crippen LogP contribution is 2.13. The van der Waals surface area contributed by atoms with Crippen LogP contribution in [0.15, 0.2) is 36.5 Å². The molecule has 5 nitrogen and oxygen atoms in total. The number of hydrogen-bond donors (Lipinski definition) is 1. The summed E-state index contributed by atoms with van der Waals surface area (Å²) >= 11 is 0. The highest BCUT2D eigenvalue weighted by molar-refractivity contribution is 7.88. The van der Waals surface area contributed by atoms with Crippen LogP contribution < -0.4 is 4.72 Å². The first-order valence-electron chi connectivity index (χ1n) is 6.51. The second-order valence-corrected chi connectivity index (χ2v) is 6.62. The highest BCUT2D eigenvalue weighted by atomic mass is 32.2. The average Bonchev–Trinajstić information content (AvgIpc) is 2.76. The SMILES string of the molecule is Cc1nn(-c2ccccc2)cc1CCCNS(C)(=O)=O. The summed E-state index contributed by atoms with van der Waals surface area (Å²) < 4.78 is 26.3. The fourth-order valence-corrected chi connectivity index (χ4v) is 2.51. The molecule has 20 heavy (non-hydrogen) atoms. The molecule has 0 radical (unpaired) electrons. The van der Waals surface area contributed by atoms with Crippen LogP contribution in [0.5, 0.6) is 0 Å². The zero-order valence-corrected chi connectivity index (χ0v) is 12.5. The van der Waals surface area contributed by atoms with Gasteiger partial charge in [-0.25, -0.2) is 17.8 Å². The number of aromatic nitrogens is 2. The van der Waals surface area contributed by atoms with Crippen LogP contribution >= 0.6 is 0 Å². The Morgan fingerprint density at radius 3 is 2.60 bits per heavy atom. The lowest BCUT2D eigenvalue weighted by molar-refractivity contribution is 0.585. The molecule has 0 aliphatic rings. The molecule has 0 aliphatic carbocycles. The van der Waals surface area contributed by atoms with Gasteiger partial charge < -0.3 is 0 Å². The van der Waals surface area contributed by atoms with Crippen LogP contribution in [0.2, 0.25) is 0 Å². The quantitative estimate of drug-likeness (QED) is 0.824. The van der Waals surface area contributed by atoms with Crippen molar-refractivity contribution < 1.29 is 8.42 Å². The van der Waals surface area contributed by atoms with Gasteiger partial charge in [0, 0.05) is 12.7 Å². The van der Waals surface area contributed by atoms with Gasteiger partial charge in [-0.05, 0) is 37.5 Å².